The van der Waals surface area contributed by atoms with Crippen molar-refractivity contribution in [2.45, 2.75) is 6.42 Å². The standard InChI is InChI=1S/C17H15ClN4O2/c1-24-16-9-13(6-7-15(16)22-11-19-10-20-22)21-17(23)8-12-4-2-3-5-14(12)18/h2-7,9-11H,8H2,1H3,(H,21,23). The van der Waals surface area contributed by atoms with Crippen LogP contribution in [0.3, 0.4) is 0 Å². The van der Waals surface area contributed by atoms with Gasteiger partial charge in [-0.1, -0.05) is 29.8 Å². The fourth-order valence-corrected chi connectivity index (χ4v) is 2.50. The van der Waals surface area contributed by atoms with Gasteiger partial charge in [0.1, 0.15) is 24.1 Å². The minimum absolute atomic E-state index is 0.154. The van der Waals surface area contributed by atoms with E-state index in [1.54, 1.807) is 42.4 Å². The maximum Gasteiger partial charge on any atom is 0.228 e. The molecule has 24 heavy (non-hydrogen) atoms. The Bertz CT molecular complexity index is 850. The SMILES string of the molecule is COc1cc(NC(=O)Cc2ccccc2Cl)ccc1-n1cncn1. The summed E-state index contributed by atoms with van der Waals surface area (Å²) < 4.78 is 6.96. The summed E-state index contributed by atoms with van der Waals surface area (Å²) in [6.07, 6.45) is 3.22. The number of ether oxygens (including phenoxy) is 1. The van der Waals surface area contributed by atoms with Gasteiger partial charge in [0, 0.05) is 16.8 Å². The van der Waals surface area contributed by atoms with E-state index in [1.807, 2.05) is 18.2 Å². The van der Waals surface area contributed by atoms with E-state index in [9.17, 15) is 4.79 Å². The summed E-state index contributed by atoms with van der Waals surface area (Å²) in [5, 5.41) is 7.49. The molecule has 0 aliphatic rings. The molecule has 7 heteroatoms. The molecule has 3 aromatic rings. The molecule has 1 N–H and O–H groups in total. The number of rotatable bonds is 5. The second kappa shape index (κ2) is 7.14. The maximum atomic E-state index is 12.2. The molecule has 0 aliphatic heterocycles. The van der Waals surface area contributed by atoms with E-state index in [2.05, 4.69) is 15.4 Å². The molecular weight excluding hydrogens is 328 g/mol. The number of halogens is 1. The van der Waals surface area contributed by atoms with Crippen molar-refractivity contribution >= 4 is 23.2 Å². The van der Waals surface area contributed by atoms with Gasteiger partial charge in [-0.15, -0.1) is 0 Å². The summed E-state index contributed by atoms with van der Waals surface area (Å²) in [5.74, 6) is 0.426. The van der Waals surface area contributed by atoms with Crippen LogP contribution in [0, 0.1) is 0 Å². The number of methoxy groups -OCH3 is 1. The normalized spacial score (nSPS) is 10.4. The third-order valence-electron chi connectivity index (χ3n) is 3.44. The quantitative estimate of drug-likeness (QED) is 0.773. The Morgan fingerprint density at radius 3 is 2.83 bits per heavy atom. The van der Waals surface area contributed by atoms with Crippen LogP contribution in [0.5, 0.6) is 5.75 Å². The van der Waals surface area contributed by atoms with Crippen molar-refractivity contribution in [1.82, 2.24) is 14.8 Å². The molecule has 0 spiro atoms. The predicted molar refractivity (Wildman–Crippen MR) is 91.7 cm³/mol. The minimum Gasteiger partial charge on any atom is -0.494 e. The molecule has 0 saturated heterocycles. The number of hydrogen-bond acceptors (Lipinski definition) is 4. The van der Waals surface area contributed by atoms with Crippen molar-refractivity contribution in [3.8, 4) is 11.4 Å². The van der Waals surface area contributed by atoms with Gasteiger partial charge in [0.15, 0.2) is 0 Å². The van der Waals surface area contributed by atoms with Gasteiger partial charge in [-0.3, -0.25) is 4.79 Å². The highest BCUT2D eigenvalue weighted by atomic mass is 35.5. The first kappa shape index (κ1) is 16.0. The summed E-state index contributed by atoms with van der Waals surface area (Å²) in [7, 11) is 1.56. The molecule has 0 saturated carbocycles. The Hall–Kier alpha value is -2.86. The van der Waals surface area contributed by atoms with E-state index in [1.165, 1.54) is 6.33 Å². The molecule has 1 heterocycles. The first-order chi connectivity index (χ1) is 11.7. The van der Waals surface area contributed by atoms with Crippen molar-refractivity contribution < 1.29 is 9.53 Å². The lowest BCUT2D eigenvalue weighted by atomic mass is 10.1. The number of carbonyl (C=O) groups excluding carboxylic acids is 1. The van der Waals surface area contributed by atoms with Gasteiger partial charge in [-0.2, -0.15) is 5.10 Å². The third-order valence-corrected chi connectivity index (χ3v) is 3.81. The number of nitrogens with one attached hydrogen (secondary N) is 1. The van der Waals surface area contributed by atoms with Crippen LogP contribution < -0.4 is 10.1 Å². The predicted octanol–water partition coefficient (Wildman–Crippen LogP) is 3.11. The summed E-state index contributed by atoms with van der Waals surface area (Å²) >= 11 is 6.08. The van der Waals surface area contributed by atoms with Crippen LogP contribution in [-0.4, -0.2) is 27.8 Å². The minimum atomic E-state index is -0.154. The number of hydrogen-bond donors (Lipinski definition) is 1. The summed E-state index contributed by atoms with van der Waals surface area (Å²) in [5.41, 5.74) is 2.15. The lowest BCUT2D eigenvalue weighted by Crippen LogP contribution is -2.14. The number of anilines is 1. The van der Waals surface area contributed by atoms with Gasteiger partial charge in [0.05, 0.1) is 13.5 Å². The van der Waals surface area contributed by atoms with Gasteiger partial charge in [-0.05, 0) is 23.8 Å². The average molecular weight is 343 g/mol. The first-order valence-electron chi connectivity index (χ1n) is 7.23. The average Bonchev–Trinajstić information content (AvgIpc) is 3.11. The van der Waals surface area contributed by atoms with Crippen LogP contribution in [0.4, 0.5) is 5.69 Å². The van der Waals surface area contributed by atoms with Crippen molar-refractivity contribution in [1.29, 1.82) is 0 Å². The zero-order valence-corrected chi connectivity index (χ0v) is 13.7. The molecule has 0 atom stereocenters. The van der Waals surface area contributed by atoms with Crippen LogP contribution in [0.1, 0.15) is 5.56 Å². The molecule has 0 radical (unpaired) electrons. The van der Waals surface area contributed by atoms with Crippen molar-refractivity contribution in [2.75, 3.05) is 12.4 Å². The van der Waals surface area contributed by atoms with Crippen molar-refractivity contribution in [3.63, 3.8) is 0 Å². The Kier molecular flexibility index (Phi) is 4.77. The lowest BCUT2D eigenvalue weighted by molar-refractivity contribution is -0.115. The fraction of sp³-hybridized carbons (Fsp3) is 0.118. The Morgan fingerprint density at radius 2 is 2.12 bits per heavy atom. The first-order valence-corrected chi connectivity index (χ1v) is 7.61. The third kappa shape index (κ3) is 3.55. The largest absolute Gasteiger partial charge is 0.494 e. The number of nitrogens with zero attached hydrogens (tertiary/aromatic N) is 3. The van der Waals surface area contributed by atoms with E-state index in [4.69, 9.17) is 16.3 Å². The van der Waals surface area contributed by atoms with Crippen LogP contribution in [0.25, 0.3) is 5.69 Å². The van der Waals surface area contributed by atoms with E-state index < -0.39 is 0 Å². The summed E-state index contributed by atoms with van der Waals surface area (Å²) in [4.78, 5) is 16.1. The number of benzene rings is 2. The van der Waals surface area contributed by atoms with Gasteiger partial charge in [0.2, 0.25) is 5.91 Å². The van der Waals surface area contributed by atoms with E-state index in [-0.39, 0.29) is 12.3 Å². The van der Waals surface area contributed by atoms with Crippen molar-refractivity contribution in [3.05, 3.63) is 65.7 Å². The van der Waals surface area contributed by atoms with Gasteiger partial charge >= 0.3 is 0 Å². The second-order valence-corrected chi connectivity index (χ2v) is 5.45. The zero-order valence-electron chi connectivity index (χ0n) is 12.9. The second-order valence-electron chi connectivity index (χ2n) is 5.04. The lowest BCUT2D eigenvalue weighted by Gasteiger charge is -2.11. The van der Waals surface area contributed by atoms with E-state index in [0.717, 1.165) is 11.3 Å². The van der Waals surface area contributed by atoms with Gasteiger partial charge < -0.3 is 10.1 Å². The molecule has 6 nitrogen and oxygen atoms in total. The zero-order chi connectivity index (χ0) is 16.9. The van der Waals surface area contributed by atoms with Crippen LogP contribution in [-0.2, 0) is 11.2 Å². The Balaban J connectivity index is 1.76. The molecule has 0 bridgehead atoms. The Labute approximate surface area is 144 Å². The van der Waals surface area contributed by atoms with Crippen LogP contribution >= 0.6 is 11.6 Å². The van der Waals surface area contributed by atoms with E-state index >= 15 is 0 Å². The monoisotopic (exact) mass is 342 g/mol. The molecular formula is C17H15ClN4O2. The van der Waals surface area contributed by atoms with Gasteiger partial charge in [-0.25, -0.2) is 9.67 Å². The molecule has 122 valence electrons. The van der Waals surface area contributed by atoms with E-state index in [0.29, 0.717) is 16.5 Å². The summed E-state index contributed by atoms with van der Waals surface area (Å²) in [6.45, 7) is 0. The van der Waals surface area contributed by atoms with Crippen molar-refractivity contribution in [2.24, 2.45) is 0 Å². The van der Waals surface area contributed by atoms with Crippen LogP contribution in [0.2, 0.25) is 5.02 Å². The Morgan fingerprint density at radius 1 is 1.29 bits per heavy atom. The number of carbonyl (C=O) groups is 1. The highest BCUT2D eigenvalue weighted by molar-refractivity contribution is 6.31. The number of aromatic nitrogens is 3. The smallest absolute Gasteiger partial charge is 0.228 e. The van der Waals surface area contributed by atoms with Crippen LogP contribution in [0.15, 0.2) is 55.1 Å². The highest BCUT2D eigenvalue weighted by Crippen LogP contribution is 2.26. The number of amides is 1. The molecule has 1 amide bonds. The molecule has 3 rings (SSSR count). The van der Waals surface area contributed by atoms with Gasteiger partial charge in [0.25, 0.3) is 0 Å². The maximum absolute atomic E-state index is 12.2. The fourth-order valence-electron chi connectivity index (χ4n) is 2.30. The molecule has 0 unspecified atom stereocenters. The molecule has 2 aromatic carbocycles. The molecule has 1 aromatic heterocycles. The summed E-state index contributed by atoms with van der Waals surface area (Å²) in [6, 6.07) is 12.6. The topological polar surface area (TPSA) is 69.0 Å². The molecule has 0 fully saturated rings. The highest BCUT2D eigenvalue weighted by Gasteiger charge is 2.11. The molecule has 0 aliphatic carbocycles.